The number of anilines is 1. The van der Waals surface area contributed by atoms with Crippen LogP contribution < -0.4 is 5.32 Å². The van der Waals surface area contributed by atoms with E-state index in [2.05, 4.69) is 29.4 Å². The number of rotatable bonds is 7. The first-order valence-corrected chi connectivity index (χ1v) is 12.7. The van der Waals surface area contributed by atoms with Gasteiger partial charge >= 0.3 is 0 Å². The summed E-state index contributed by atoms with van der Waals surface area (Å²) in [6, 6.07) is 17.1. The number of benzene rings is 2. The highest BCUT2D eigenvalue weighted by molar-refractivity contribution is 6.04. The minimum absolute atomic E-state index is 0.156. The fourth-order valence-electron chi connectivity index (χ4n) is 4.87. The summed E-state index contributed by atoms with van der Waals surface area (Å²) in [6.45, 7) is 6.05. The normalized spacial score (nSPS) is 14.9. The van der Waals surface area contributed by atoms with E-state index in [-0.39, 0.29) is 17.2 Å². The van der Waals surface area contributed by atoms with Crippen LogP contribution >= 0.6 is 0 Å². The van der Waals surface area contributed by atoms with Gasteiger partial charge in [0.1, 0.15) is 0 Å². The standard InChI is InChI=1S/C29H32N6O2/c1-29(2)14-7-15-34(20-29)26(36)13-12-24-19-35(25-10-4-3-5-11-25)28(32-24)33-27(37)22-9-6-8-21(16-22)23-17-30-31-18-23/h3-6,8-11,16-19H,7,12-15,20H2,1-2H3,(H,30,31)(H,32,33,37). The van der Waals surface area contributed by atoms with Gasteiger partial charge in [-0.1, -0.05) is 44.2 Å². The Morgan fingerprint density at radius 3 is 2.68 bits per heavy atom. The third-order valence-corrected chi connectivity index (χ3v) is 6.82. The van der Waals surface area contributed by atoms with Gasteiger partial charge in [-0.2, -0.15) is 5.10 Å². The number of nitrogens with zero attached hydrogens (tertiary/aromatic N) is 4. The van der Waals surface area contributed by atoms with E-state index >= 15 is 0 Å². The number of H-pyrrole nitrogens is 1. The average molecular weight is 497 g/mol. The number of aromatic nitrogens is 4. The molecule has 3 heterocycles. The highest BCUT2D eigenvalue weighted by atomic mass is 16.2. The molecule has 2 aromatic heterocycles. The zero-order valence-corrected chi connectivity index (χ0v) is 21.3. The number of piperidine rings is 1. The molecule has 0 bridgehead atoms. The lowest BCUT2D eigenvalue weighted by molar-refractivity contribution is -0.134. The second-order valence-corrected chi connectivity index (χ2v) is 10.4. The van der Waals surface area contributed by atoms with Crippen molar-refractivity contribution in [1.29, 1.82) is 0 Å². The van der Waals surface area contributed by atoms with Crippen molar-refractivity contribution in [3.8, 4) is 16.8 Å². The minimum atomic E-state index is -0.258. The van der Waals surface area contributed by atoms with Crippen molar-refractivity contribution in [2.24, 2.45) is 5.41 Å². The molecule has 37 heavy (non-hydrogen) atoms. The topological polar surface area (TPSA) is 95.9 Å². The molecule has 0 aliphatic carbocycles. The molecule has 8 nitrogen and oxygen atoms in total. The van der Waals surface area contributed by atoms with Gasteiger partial charge in [-0.25, -0.2) is 4.98 Å². The summed E-state index contributed by atoms with van der Waals surface area (Å²) >= 11 is 0. The average Bonchev–Trinajstić information content (AvgIpc) is 3.58. The number of nitrogens with one attached hydrogen (secondary N) is 2. The molecule has 5 rings (SSSR count). The number of aromatic amines is 1. The molecule has 1 aliphatic heterocycles. The number of carbonyl (C=O) groups excluding carboxylic acids is 2. The van der Waals surface area contributed by atoms with E-state index in [4.69, 9.17) is 4.98 Å². The Labute approximate surface area is 216 Å². The van der Waals surface area contributed by atoms with Crippen LogP contribution in [-0.2, 0) is 11.2 Å². The summed E-state index contributed by atoms with van der Waals surface area (Å²) in [4.78, 5) is 32.8. The van der Waals surface area contributed by atoms with Gasteiger partial charge in [0, 0.05) is 55.1 Å². The maximum atomic E-state index is 13.2. The number of hydrogen-bond donors (Lipinski definition) is 2. The maximum Gasteiger partial charge on any atom is 0.258 e. The number of likely N-dealkylation sites (tertiary alicyclic amines) is 1. The number of amides is 2. The van der Waals surface area contributed by atoms with Crippen molar-refractivity contribution in [1.82, 2.24) is 24.6 Å². The van der Waals surface area contributed by atoms with Crippen molar-refractivity contribution in [2.45, 2.75) is 39.5 Å². The smallest absolute Gasteiger partial charge is 0.258 e. The number of para-hydroxylation sites is 1. The zero-order chi connectivity index (χ0) is 25.8. The van der Waals surface area contributed by atoms with Crippen molar-refractivity contribution >= 4 is 17.8 Å². The van der Waals surface area contributed by atoms with Crippen LogP contribution in [0.1, 0.15) is 49.2 Å². The summed E-state index contributed by atoms with van der Waals surface area (Å²) in [5.74, 6) is 0.321. The predicted molar refractivity (Wildman–Crippen MR) is 143 cm³/mol. The Morgan fingerprint density at radius 2 is 1.92 bits per heavy atom. The lowest BCUT2D eigenvalue weighted by Crippen LogP contribution is -2.43. The fourth-order valence-corrected chi connectivity index (χ4v) is 4.87. The van der Waals surface area contributed by atoms with Crippen LogP contribution in [0.2, 0.25) is 0 Å². The molecule has 1 aliphatic rings. The molecule has 2 amide bonds. The van der Waals surface area contributed by atoms with Crippen LogP contribution in [0.4, 0.5) is 5.95 Å². The van der Waals surface area contributed by atoms with E-state index in [1.54, 1.807) is 18.5 Å². The third-order valence-electron chi connectivity index (χ3n) is 6.82. The van der Waals surface area contributed by atoms with E-state index in [9.17, 15) is 9.59 Å². The lowest BCUT2D eigenvalue weighted by Gasteiger charge is -2.38. The highest BCUT2D eigenvalue weighted by Crippen LogP contribution is 2.29. The van der Waals surface area contributed by atoms with Gasteiger partial charge in [0.05, 0.1) is 11.9 Å². The van der Waals surface area contributed by atoms with E-state index in [0.717, 1.165) is 48.4 Å². The molecule has 4 aromatic rings. The summed E-state index contributed by atoms with van der Waals surface area (Å²) in [5, 5.41) is 9.76. The number of aryl methyl sites for hydroxylation is 1. The monoisotopic (exact) mass is 496 g/mol. The Hall–Kier alpha value is -4.20. The first-order valence-electron chi connectivity index (χ1n) is 12.7. The van der Waals surface area contributed by atoms with Gasteiger partial charge in [-0.3, -0.25) is 24.6 Å². The minimum Gasteiger partial charge on any atom is -0.342 e. The second kappa shape index (κ2) is 10.4. The maximum absolute atomic E-state index is 13.2. The van der Waals surface area contributed by atoms with Crippen LogP contribution in [0.25, 0.3) is 16.8 Å². The van der Waals surface area contributed by atoms with Crippen LogP contribution in [0.15, 0.2) is 73.2 Å². The molecular weight excluding hydrogens is 464 g/mol. The number of imidazole rings is 1. The molecule has 0 spiro atoms. The van der Waals surface area contributed by atoms with Crippen LogP contribution in [-0.4, -0.2) is 49.6 Å². The first-order chi connectivity index (χ1) is 17.9. The molecule has 8 heteroatoms. The van der Waals surface area contributed by atoms with Crippen molar-refractivity contribution in [3.05, 3.63) is 84.4 Å². The van der Waals surface area contributed by atoms with Crippen molar-refractivity contribution < 1.29 is 9.59 Å². The van der Waals surface area contributed by atoms with Gasteiger partial charge in [-0.05, 0) is 48.1 Å². The molecular formula is C29H32N6O2. The van der Waals surface area contributed by atoms with Crippen LogP contribution in [0, 0.1) is 5.41 Å². The Balaban J connectivity index is 1.34. The molecule has 1 fully saturated rings. The van der Waals surface area contributed by atoms with Crippen molar-refractivity contribution in [3.63, 3.8) is 0 Å². The Kier molecular flexibility index (Phi) is 6.90. The second-order valence-electron chi connectivity index (χ2n) is 10.4. The third kappa shape index (κ3) is 5.80. The molecule has 2 N–H and O–H groups in total. The summed E-state index contributed by atoms with van der Waals surface area (Å²) < 4.78 is 1.86. The van der Waals surface area contributed by atoms with Crippen LogP contribution in [0.5, 0.6) is 0 Å². The van der Waals surface area contributed by atoms with Crippen LogP contribution in [0.3, 0.4) is 0 Å². The molecule has 0 atom stereocenters. The van der Waals surface area contributed by atoms with Gasteiger partial charge in [-0.15, -0.1) is 0 Å². The summed E-state index contributed by atoms with van der Waals surface area (Å²) in [5.41, 5.74) is 4.13. The largest absolute Gasteiger partial charge is 0.342 e. The molecule has 190 valence electrons. The molecule has 2 aromatic carbocycles. The lowest BCUT2D eigenvalue weighted by atomic mass is 9.84. The molecule has 0 saturated carbocycles. The Bertz CT molecular complexity index is 1370. The molecule has 1 saturated heterocycles. The van der Waals surface area contributed by atoms with Gasteiger partial charge in [0.2, 0.25) is 11.9 Å². The molecule has 0 unspecified atom stereocenters. The number of hydrogen-bond acceptors (Lipinski definition) is 4. The predicted octanol–water partition coefficient (Wildman–Crippen LogP) is 5.10. The van der Waals surface area contributed by atoms with E-state index in [1.807, 2.05) is 64.2 Å². The van der Waals surface area contributed by atoms with E-state index in [1.165, 1.54) is 0 Å². The molecule has 0 radical (unpaired) electrons. The van der Waals surface area contributed by atoms with Gasteiger partial charge in [0.25, 0.3) is 5.91 Å². The van der Waals surface area contributed by atoms with E-state index < -0.39 is 0 Å². The quantitative estimate of drug-likeness (QED) is 0.372. The van der Waals surface area contributed by atoms with Gasteiger partial charge in [0.15, 0.2) is 0 Å². The Morgan fingerprint density at radius 1 is 1.08 bits per heavy atom. The zero-order valence-electron chi connectivity index (χ0n) is 21.3. The first kappa shape index (κ1) is 24.5. The van der Waals surface area contributed by atoms with Crippen molar-refractivity contribution in [2.75, 3.05) is 18.4 Å². The van der Waals surface area contributed by atoms with E-state index in [0.29, 0.717) is 24.4 Å². The summed E-state index contributed by atoms with van der Waals surface area (Å²) in [6.07, 6.45) is 8.50. The fraction of sp³-hybridized carbons (Fsp3) is 0.310. The summed E-state index contributed by atoms with van der Waals surface area (Å²) in [7, 11) is 0. The number of carbonyl (C=O) groups is 2. The highest BCUT2D eigenvalue weighted by Gasteiger charge is 2.29. The van der Waals surface area contributed by atoms with Gasteiger partial charge < -0.3 is 4.90 Å². The SMILES string of the molecule is CC1(C)CCCN(C(=O)CCc2cn(-c3ccccc3)c(NC(=O)c3cccc(-c4cn[nH]c4)c3)n2)C1.